The molecule has 0 aliphatic carbocycles. The molecule has 1 fully saturated rings. The Morgan fingerprint density at radius 2 is 1.64 bits per heavy atom. The van der Waals surface area contributed by atoms with Crippen molar-refractivity contribution in [1.29, 1.82) is 0 Å². The largest absolute Gasteiger partial charge is 0.508 e. The lowest BCUT2D eigenvalue weighted by molar-refractivity contribution is 0.0767. The summed E-state index contributed by atoms with van der Waals surface area (Å²) in [5.74, 6) is 0.302. The zero-order chi connectivity index (χ0) is 19.3. The van der Waals surface area contributed by atoms with E-state index in [1.807, 2.05) is 53.4 Å². The Labute approximate surface area is 164 Å². The fraction of sp³-hybridized carbons (Fsp3) is 0.217. The maximum Gasteiger partial charge on any atom is 0.253 e. The van der Waals surface area contributed by atoms with Crippen LogP contribution in [0.1, 0.15) is 16.8 Å². The van der Waals surface area contributed by atoms with Crippen molar-refractivity contribution >= 4 is 11.6 Å². The fourth-order valence-corrected chi connectivity index (χ4v) is 3.60. The van der Waals surface area contributed by atoms with Gasteiger partial charge in [0.1, 0.15) is 5.75 Å². The van der Waals surface area contributed by atoms with E-state index in [9.17, 15) is 9.90 Å². The molecule has 28 heavy (non-hydrogen) atoms. The molecule has 2 aromatic carbocycles. The van der Waals surface area contributed by atoms with Gasteiger partial charge >= 0.3 is 0 Å². The summed E-state index contributed by atoms with van der Waals surface area (Å²) < 4.78 is 0. The van der Waals surface area contributed by atoms with E-state index in [4.69, 9.17) is 0 Å². The number of aromatic nitrogens is 1. The Morgan fingerprint density at radius 3 is 2.43 bits per heavy atom. The minimum Gasteiger partial charge on any atom is -0.508 e. The van der Waals surface area contributed by atoms with Crippen LogP contribution in [0.2, 0.25) is 0 Å². The van der Waals surface area contributed by atoms with Crippen LogP contribution in [0.25, 0.3) is 11.1 Å². The maximum absolute atomic E-state index is 13.1. The van der Waals surface area contributed by atoms with E-state index >= 15 is 0 Å². The number of phenols is 1. The Hall–Kier alpha value is -3.34. The van der Waals surface area contributed by atoms with E-state index in [0.29, 0.717) is 12.1 Å². The summed E-state index contributed by atoms with van der Waals surface area (Å²) in [7, 11) is 0. The maximum atomic E-state index is 13.1. The number of hydrogen-bond donors (Lipinski definition) is 1. The molecule has 0 atom stereocenters. The summed E-state index contributed by atoms with van der Waals surface area (Å²) in [5, 5.41) is 9.48. The minimum absolute atomic E-state index is 0.0669. The van der Waals surface area contributed by atoms with Crippen LogP contribution in [0.5, 0.6) is 5.75 Å². The summed E-state index contributed by atoms with van der Waals surface area (Å²) in [6.45, 7) is 3.20. The molecule has 1 N–H and O–H groups in total. The van der Waals surface area contributed by atoms with Gasteiger partial charge in [0.05, 0.1) is 0 Å². The summed E-state index contributed by atoms with van der Waals surface area (Å²) in [4.78, 5) is 21.4. The van der Waals surface area contributed by atoms with Gasteiger partial charge in [-0.15, -0.1) is 0 Å². The predicted molar refractivity (Wildman–Crippen MR) is 111 cm³/mol. The van der Waals surface area contributed by atoms with E-state index in [-0.39, 0.29) is 11.7 Å². The first kappa shape index (κ1) is 18.0. The van der Waals surface area contributed by atoms with Gasteiger partial charge in [-0.2, -0.15) is 0 Å². The lowest BCUT2D eigenvalue weighted by Crippen LogP contribution is -2.35. The van der Waals surface area contributed by atoms with Crippen molar-refractivity contribution in [2.24, 2.45) is 0 Å². The van der Waals surface area contributed by atoms with Gasteiger partial charge in [0.2, 0.25) is 0 Å². The number of carbonyl (C=O) groups is 1. The first-order chi connectivity index (χ1) is 13.7. The van der Waals surface area contributed by atoms with E-state index in [1.165, 1.54) is 0 Å². The third-order valence-electron chi connectivity index (χ3n) is 5.12. The highest BCUT2D eigenvalue weighted by Gasteiger charge is 2.20. The van der Waals surface area contributed by atoms with Crippen molar-refractivity contribution in [2.45, 2.75) is 6.42 Å². The molecule has 0 spiro atoms. The molecule has 2 heterocycles. The number of carbonyl (C=O) groups excluding carboxylic acids is 1. The average Bonchev–Trinajstić information content (AvgIpc) is 3.01. The van der Waals surface area contributed by atoms with Crippen molar-refractivity contribution in [2.75, 3.05) is 31.1 Å². The molecule has 1 aromatic heterocycles. The van der Waals surface area contributed by atoms with Crippen molar-refractivity contribution in [1.82, 2.24) is 9.88 Å². The van der Waals surface area contributed by atoms with E-state index in [1.54, 1.807) is 24.5 Å². The predicted octanol–water partition coefficient (Wildman–Crippen LogP) is 3.81. The second-order valence-electron chi connectivity index (χ2n) is 6.97. The summed E-state index contributed by atoms with van der Waals surface area (Å²) in [5.41, 5.74) is 3.80. The van der Waals surface area contributed by atoms with Crippen molar-refractivity contribution < 1.29 is 9.90 Å². The molecular weight excluding hydrogens is 350 g/mol. The molecule has 0 bridgehead atoms. The van der Waals surface area contributed by atoms with Crippen LogP contribution in [0.3, 0.4) is 0 Å². The van der Waals surface area contributed by atoms with E-state index < -0.39 is 0 Å². The van der Waals surface area contributed by atoms with Crippen LogP contribution in [0.15, 0.2) is 73.1 Å². The van der Waals surface area contributed by atoms with Crippen LogP contribution < -0.4 is 4.90 Å². The van der Waals surface area contributed by atoms with Gasteiger partial charge in [-0.25, -0.2) is 0 Å². The molecule has 4 rings (SSSR count). The van der Waals surface area contributed by atoms with Gasteiger partial charge in [0.15, 0.2) is 0 Å². The molecule has 1 aliphatic heterocycles. The Bertz CT molecular complexity index is 942. The molecule has 1 aliphatic rings. The monoisotopic (exact) mass is 373 g/mol. The molecule has 5 heteroatoms. The SMILES string of the molecule is O=C(c1cccc(-c2ccc(O)cc2)c1)N1CCCN(c2ccncc2)CC1. The van der Waals surface area contributed by atoms with Crippen LogP contribution in [-0.4, -0.2) is 47.1 Å². The topological polar surface area (TPSA) is 56.7 Å². The zero-order valence-corrected chi connectivity index (χ0v) is 15.7. The Balaban J connectivity index is 1.48. The first-order valence-corrected chi connectivity index (χ1v) is 9.54. The number of benzene rings is 2. The number of nitrogens with zero attached hydrogens (tertiary/aromatic N) is 3. The highest BCUT2D eigenvalue weighted by Crippen LogP contribution is 2.24. The number of amides is 1. The van der Waals surface area contributed by atoms with Crippen LogP contribution in [0, 0.1) is 0 Å². The number of rotatable bonds is 3. The number of anilines is 1. The molecular formula is C23H23N3O2. The van der Waals surface area contributed by atoms with Crippen molar-refractivity contribution in [3.63, 3.8) is 0 Å². The molecule has 0 saturated carbocycles. The molecule has 0 radical (unpaired) electrons. The van der Waals surface area contributed by atoms with Crippen molar-refractivity contribution in [3.8, 4) is 16.9 Å². The highest BCUT2D eigenvalue weighted by atomic mass is 16.3. The van der Waals surface area contributed by atoms with Gasteiger partial charge in [0, 0.05) is 49.8 Å². The quantitative estimate of drug-likeness (QED) is 0.759. The molecule has 142 valence electrons. The number of aromatic hydroxyl groups is 1. The summed E-state index contributed by atoms with van der Waals surface area (Å²) in [6.07, 6.45) is 4.54. The second-order valence-corrected chi connectivity index (χ2v) is 6.97. The molecule has 1 saturated heterocycles. The molecule has 5 nitrogen and oxygen atoms in total. The first-order valence-electron chi connectivity index (χ1n) is 9.54. The van der Waals surface area contributed by atoms with Gasteiger partial charge in [-0.05, 0) is 53.9 Å². The van der Waals surface area contributed by atoms with Crippen LogP contribution in [0.4, 0.5) is 5.69 Å². The highest BCUT2D eigenvalue weighted by molar-refractivity contribution is 5.95. The van der Waals surface area contributed by atoms with Gasteiger partial charge in [-0.3, -0.25) is 9.78 Å². The van der Waals surface area contributed by atoms with Gasteiger partial charge < -0.3 is 14.9 Å². The van der Waals surface area contributed by atoms with Crippen molar-refractivity contribution in [3.05, 3.63) is 78.6 Å². The number of pyridine rings is 1. The van der Waals surface area contributed by atoms with Crippen LogP contribution >= 0.6 is 0 Å². The average molecular weight is 373 g/mol. The smallest absolute Gasteiger partial charge is 0.253 e. The standard InChI is InChI=1S/C23H23N3O2/c27-22-7-5-18(6-8-22)19-3-1-4-20(17-19)23(28)26-14-2-13-25(15-16-26)21-9-11-24-12-10-21/h1,3-12,17,27H,2,13-16H2. The fourth-order valence-electron chi connectivity index (χ4n) is 3.60. The van der Waals surface area contributed by atoms with E-state index in [2.05, 4.69) is 9.88 Å². The molecule has 3 aromatic rings. The third-order valence-corrected chi connectivity index (χ3v) is 5.12. The molecule has 1 amide bonds. The zero-order valence-electron chi connectivity index (χ0n) is 15.7. The van der Waals surface area contributed by atoms with E-state index in [0.717, 1.165) is 42.9 Å². The van der Waals surface area contributed by atoms with Gasteiger partial charge in [-0.1, -0.05) is 24.3 Å². The lowest BCUT2D eigenvalue weighted by Gasteiger charge is -2.23. The lowest BCUT2D eigenvalue weighted by atomic mass is 10.0. The normalized spacial score (nSPS) is 14.6. The Kier molecular flexibility index (Phi) is 5.24. The summed E-state index contributed by atoms with van der Waals surface area (Å²) >= 11 is 0. The Morgan fingerprint density at radius 1 is 0.857 bits per heavy atom. The van der Waals surface area contributed by atoms with Crippen LogP contribution in [-0.2, 0) is 0 Å². The second kappa shape index (κ2) is 8.13. The van der Waals surface area contributed by atoms with Gasteiger partial charge in [0.25, 0.3) is 5.91 Å². The minimum atomic E-state index is 0.0669. The molecule has 0 unspecified atom stereocenters. The summed E-state index contributed by atoms with van der Waals surface area (Å²) in [6, 6.07) is 18.8. The number of phenolic OH excluding ortho intramolecular Hbond substituents is 1. The third kappa shape index (κ3) is 3.98. The number of hydrogen-bond acceptors (Lipinski definition) is 4.